The number of benzene rings is 1. The van der Waals surface area contributed by atoms with Crippen molar-refractivity contribution in [2.24, 2.45) is 5.73 Å². The van der Waals surface area contributed by atoms with Crippen LogP contribution < -0.4 is 11.1 Å². The summed E-state index contributed by atoms with van der Waals surface area (Å²) in [6, 6.07) is 7.10. The number of ether oxygens (including phenoxy) is 4. The van der Waals surface area contributed by atoms with Crippen molar-refractivity contribution in [2.75, 3.05) is 19.8 Å². The Kier molecular flexibility index (Phi) is 13.9. The van der Waals surface area contributed by atoms with Crippen molar-refractivity contribution >= 4 is 23.8 Å². The van der Waals surface area contributed by atoms with Crippen LogP contribution in [-0.2, 0) is 39.9 Å². The van der Waals surface area contributed by atoms with Gasteiger partial charge in [-0.15, -0.1) is 0 Å². The second kappa shape index (κ2) is 16.4. The molecule has 1 unspecified atom stereocenters. The van der Waals surface area contributed by atoms with Crippen LogP contribution in [0.5, 0.6) is 0 Å². The number of amides is 1. The van der Waals surface area contributed by atoms with Gasteiger partial charge >= 0.3 is 17.9 Å². The molecule has 0 fully saturated rings. The fraction of sp³-hybridized carbons (Fsp3) is 0.500. The number of hydrogen-bond donors (Lipinski definition) is 3. The van der Waals surface area contributed by atoms with Crippen LogP contribution in [0.15, 0.2) is 35.8 Å². The van der Waals surface area contributed by atoms with Gasteiger partial charge in [-0.2, -0.15) is 0 Å². The molecule has 1 atom stereocenters. The molecular formula is C24H34N2O9. The third-order valence-electron chi connectivity index (χ3n) is 4.51. The number of aliphatic hydroxyl groups excluding tert-OH is 1. The highest BCUT2D eigenvalue weighted by Crippen LogP contribution is 2.16. The Morgan fingerprint density at radius 2 is 1.54 bits per heavy atom. The normalized spacial score (nSPS) is 12.3. The van der Waals surface area contributed by atoms with Crippen molar-refractivity contribution in [3.8, 4) is 0 Å². The molecule has 1 aromatic rings. The summed E-state index contributed by atoms with van der Waals surface area (Å²) in [4.78, 5) is 46.0. The zero-order valence-corrected chi connectivity index (χ0v) is 20.3. The molecule has 0 aliphatic heterocycles. The molecule has 0 saturated heterocycles. The van der Waals surface area contributed by atoms with Gasteiger partial charge in [0.25, 0.3) is 5.91 Å². The lowest BCUT2D eigenvalue weighted by Gasteiger charge is -2.18. The number of nitrogens with one attached hydrogen (secondary N) is 1. The van der Waals surface area contributed by atoms with Gasteiger partial charge in [0, 0.05) is 39.4 Å². The van der Waals surface area contributed by atoms with Crippen molar-refractivity contribution < 1.29 is 43.2 Å². The molecule has 0 radical (unpaired) electrons. The summed E-state index contributed by atoms with van der Waals surface area (Å²) in [6.07, 6.45) is 1.18. The molecule has 11 nitrogen and oxygen atoms in total. The number of carbonyl (C=O) groups is 4. The highest BCUT2D eigenvalue weighted by atomic mass is 16.6. The number of rotatable bonds is 15. The molecule has 0 aliphatic carbocycles. The van der Waals surface area contributed by atoms with E-state index in [2.05, 4.69) is 5.32 Å². The molecule has 11 heteroatoms. The van der Waals surface area contributed by atoms with Gasteiger partial charge in [0.2, 0.25) is 12.0 Å². The van der Waals surface area contributed by atoms with Crippen LogP contribution in [0.25, 0.3) is 0 Å². The van der Waals surface area contributed by atoms with Crippen molar-refractivity contribution in [3.63, 3.8) is 0 Å². The first-order valence-electron chi connectivity index (χ1n) is 11.2. The van der Waals surface area contributed by atoms with E-state index in [0.29, 0.717) is 25.1 Å². The van der Waals surface area contributed by atoms with E-state index < -0.39 is 36.6 Å². The SMILES string of the molecule is CC(=O)OC/C(OC(C)=O)=C(\OC(C)=O)C(O)OCCCCCCNC(=O)c1ccc(CN)cc1. The van der Waals surface area contributed by atoms with Crippen LogP contribution in [0, 0.1) is 0 Å². The summed E-state index contributed by atoms with van der Waals surface area (Å²) in [6.45, 7) is 3.88. The van der Waals surface area contributed by atoms with Gasteiger partial charge in [-0.1, -0.05) is 25.0 Å². The fourth-order valence-corrected chi connectivity index (χ4v) is 2.84. The standard InChI is InChI=1S/C24H34N2O9/c1-16(27)33-15-21(34-17(2)28)22(35-18(3)29)24(31)32-13-7-5-4-6-12-26-23(30)20-10-8-19(14-25)9-11-20/h8-11,24,31H,4-7,12-15,25H2,1-3H3,(H,26,30)/b22-21+. The van der Waals surface area contributed by atoms with Crippen LogP contribution in [-0.4, -0.2) is 55.0 Å². The smallest absolute Gasteiger partial charge is 0.308 e. The minimum Gasteiger partial charge on any atom is -0.458 e. The molecule has 0 spiro atoms. The average Bonchev–Trinajstić information content (AvgIpc) is 2.81. The number of aliphatic hydroxyl groups is 1. The molecule has 194 valence electrons. The van der Waals surface area contributed by atoms with Crippen LogP contribution in [0.2, 0.25) is 0 Å². The largest absolute Gasteiger partial charge is 0.458 e. The van der Waals surface area contributed by atoms with Gasteiger partial charge < -0.3 is 35.1 Å². The molecule has 0 aromatic heterocycles. The van der Waals surface area contributed by atoms with Gasteiger partial charge in [-0.3, -0.25) is 19.2 Å². The second-order valence-electron chi connectivity index (χ2n) is 7.55. The summed E-state index contributed by atoms with van der Waals surface area (Å²) in [7, 11) is 0. The lowest BCUT2D eigenvalue weighted by Crippen LogP contribution is -2.25. The fourth-order valence-electron chi connectivity index (χ4n) is 2.84. The van der Waals surface area contributed by atoms with Crippen LogP contribution in [0.4, 0.5) is 0 Å². The first-order valence-corrected chi connectivity index (χ1v) is 11.2. The monoisotopic (exact) mass is 494 g/mol. The van der Waals surface area contributed by atoms with E-state index in [0.717, 1.165) is 45.6 Å². The third-order valence-corrected chi connectivity index (χ3v) is 4.51. The first kappa shape index (κ1) is 29.8. The Labute approximate surface area is 204 Å². The Hall–Kier alpha value is -3.28. The Morgan fingerprint density at radius 3 is 2.11 bits per heavy atom. The maximum absolute atomic E-state index is 12.1. The van der Waals surface area contributed by atoms with Crippen LogP contribution >= 0.6 is 0 Å². The lowest BCUT2D eigenvalue weighted by atomic mass is 10.1. The van der Waals surface area contributed by atoms with E-state index in [9.17, 15) is 24.3 Å². The summed E-state index contributed by atoms with van der Waals surface area (Å²) in [5.41, 5.74) is 7.07. The molecule has 1 aromatic carbocycles. The number of carbonyl (C=O) groups excluding carboxylic acids is 4. The van der Waals surface area contributed by atoms with E-state index >= 15 is 0 Å². The molecular weight excluding hydrogens is 460 g/mol. The van der Waals surface area contributed by atoms with E-state index in [1.54, 1.807) is 12.1 Å². The summed E-state index contributed by atoms with van der Waals surface area (Å²) < 4.78 is 20.0. The number of nitrogens with two attached hydrogens (primary N) is 1. The maximum atomic E-state index is 12.1. The molecule has 1 rings (SSSR count). The molecule has 4 N–H and O–H groups in total. The lowest BCUT2D eigenvalue weighted by molar-refractivity contribution is -0.154. The van der Waals surface area contributed by atoms with Crippen molar-refractivity contribution in [1.82, 2.24) is 5.32 Å². The van der Waals surface area contributed by atoms with Crippen molar-refractivity contribution in [1.29, 1.82) is 0 Å². The zero-order valence-electron chi connectivity index (χ0n) is 20.3. The minimum absolute atomic E-state index is 0.118. The molecule has 0 saturated carbocycles. The Balaban J connectivity index is 2.43. The minimum atomic E-state index is -1.71. The van der Waals surface area contributed by atoms with Gasteiger partial charge in [-0.05, 0) is 30.5 Å². The molecule has 35 heavy (non-hydrogen) atoms. The molecule has 0 heterocycles. The topological polar surface area (TPSA) is 163 Å². The predicted octanol–water partition coefficient (Wildman–Crippen LogP) is 1.67. The Morgan fingerprint density at radius 1 is 0.914 bits per heavy atom. The zero-order chi connectivity index (χ0) is 26.2. The summed E-state index contributed by atoms with van der Waals surface area (Å²) in [5.74, 6) is -3.16. The van der Waals surface area contributed by atoms with Crippen LogP contribution in [0.3, 0.4) is 0 Å². The quantitative estimate of drug-likeness (QED) is 0.107. The maximum Gasteiger partial charge on any atom is 0.308 e. The van der Waals surface area contributed by atoms with Crippen LogP contribution in [0.1, 0.15) is 62.4 Å². The highest BCUT2D eigenvalue weighted by molar-refractivity contribution is 5.94. The third kappa shape index (κ3) is 12.7. The average molecular weight is 495 g/mol. The van der Waals surface area contributed by atoms with E-state index in [1.807, 2.05) is 12.1 Å². The summed E-state index contributed by atoms with van der Waals surface area (Å²) in [5, 5.41) is 13.2. The summed E-state index contributed by atoms with van der Waals surface area (Å²) >= 11 is 0. The van der Waals surface area contributed by atoms with E-state index in [-0.39, 0.29) is 18.3 Å². The predicted molar refractivity (Wildman–Crippen MR) is 124 cm³/mol. The molecule has 0 bridgehead atoms. The number of esters is 3. The second-order valence-corrected chi connectivity index (χ2v) is 7.55. The van der Waals surface area contributed by atoms with Gasteiger partial charge in [0.15, 0.2) is 12.4 Å². The van der Waals surface area contributed by atoms with E-state index in [1.165, 1.54) is 0 Å². The van der Waals surface area contributed by atoms with Gasteiger partial charge in [-0.25, -0.2) is 0 Å². The highest BCUT2D eigenvalue weighted by Gasteiger charge is 2.24. The van der Waals surface area contributed by atoms with Gasteiger partial charge in [0.05, 0.1) is 6.61 Å². The van der Waals surface area contributed by atoms with Crippen molar-refractivity contribution in [2.45, 2.75) is 59.3 Å². The Bertz CT molecular complexity index is 881. The first-order chi connectivity index (χ1) is 16.6. The molecule has 0 aliphatic rings. The van der Waals surface area contributed by atoms with Gasteiger partial charge in [0.1, 0.15) is 0 Å². The number of hydrogen-bond acceptors (Lipinski definition) is 10. The van der Waals surface area contributed by atoms with Crippen molar-refractivity contribution in [3.05, 3.63) is 46.9 Å². The number of unbranched alkanes of at least 4 members (excludes halogenated alkanes) is 3. The molecule has 1 amide bonds. The van der Waals surface area contributed by atoms with E-state index in [4.69, 9.17) is 24.7 Å².